The molecule has 0 radical (unpaired) electrons. The number of hydrogen-bond acceptors (Lipinski definition) is 6. The highest BCUT2D eigenvalue weighted by Crippen LogP contribution is 2.28. The standard InChI is InChI=1S/C22H24F2N4O4S/c1-2-9-33(30,31)27-18-4-3-17(23)19(20(18)24)21(29)16-12-26-22-15(16)10-14(11-25-22)13-28-5-7-32-8-6-28/h3-4,10-12,27H,2,5-9,13H2,1H3,(H,25,26). The number of nitrogens with zero attached hydrogens (tertiary/aromatic N) is 2. The number of hydrogen-bond donors (Lipinski definition) is 2. The van der Waals surface area contributed by atoms with Gasteiger partial charge in [0, 0.05) is 43.0 Å². The minimum absolute atomic E-state index is 0.0488. The number of aromatic nitrogens is 2. The summed E-state index contributed by atoms with van der Waals surface area (Å²) in [4.78, 5) is 22.5. The normalized spacial score (nSPS) is 15.1. The van der Waals surface area contributed by atoms with Crippen molar-refractivity contribution in [3.8, 4) is 0 Å². The third kappa shape index (κ3) is 5.05. The van der Waals surface area contributed by atoms with Crippen molar-refractivity contribution < 1.29 is 26.7 Å². The predicted molar refractivity (Wildman–Crippen MR) is 120 cm³/mol. The molecular weight excluding hydrogens is 454 g/mol. The van der Waals surface area contributed by atoms with Gasteiger partial charge in [-0.05, 0) is 30.2 Å². The van der Waals surface area contributed by atoms with Crippen LogP contribution in [0.3, 0.4) is 0 Å². The van der Waals surface area contributed by atoms with Crippen LogP contribution in [0, 0.1) is 11.6 Å². The van der Waals surface area contributed by atoms with Gasteiger partial charge in [0.2, 0.25) is 15.8 Å². The number of rotatable bonds is 8. The Hall–Kier alpha value is -2.89. The molecule has 33 heavy (non-hydrogen) atoms. The Balaban J connectivity index is 1.68. The largest absolute Gasteiger partial charge is 0.379 e. The number of morpholine rings is 1. The highest BCUT2D eigenvalue weighted by molar-refractivity contribution is 7.92. The van der Waals surface area contributed by atoms with E-state index in [2.05, 4.69) is 19.6 Å². The molecule has 4 rings (SSSR count). The molecule has 3 heterocycles. The third-order valence-electron chi connectivity index (χ3n) is 5.40. The number of ketones is 1. The fraction of sp³-hybridized carbons (Fsp3) is 0.364. The predicted octanol–water partition coefficient (Wildman–Crippen LogP) is 3.06. The fourth-order valence-electron chi connectivity index (χ4n) is 3.80. The number of pyridine rings is 1. The summed E-state index contributed by atoms with van der Waals surface area (Å²) in [7, 11) is -3.82. The van der Waals surface area contributed by atoms with Crippen LogP contribution in [0.15, 0.2) is 30.6 Å². The first kappa shape index (κ1) is 23.3. The Labute approximate surface area is 190 Å². The minimum atomic E-state index is -3.82. The maximum atomic E-state index is 15.1. The van der Waals surface area contributed by atoms with E-state index in [1.54, 1.807) is 19.2 Å². The molecule has 0 unspecified atom stereocenters. The lowest BCUT2D eigenvalue weighted by Gasteiger charge is -2.26. The van der Waals surface area contributed by atoms with E-state index < -0.39 is 38.7 Å². The second kappa shape index (κ2) is 9.54. The number of benzene rings is 1. The van der Waals surface area contributed by atoms with Crippen molar-refractivity contribution in [1.82, 2.24) is 14.9 Å². The highest BCUT2D eigenvalue weighted by atomic mass is 32.2. The molecule has 0 amide bonds. The molecule has 8 nitrogen and oxygen atoms in total. The molecule has 1 aliphatic rings. The van der Waals surface area contributed by atoms with Crippen molar-refractivity contribution in [3.05, 3.63) is 58.9 Å². The Kier molecular flexibility index (Phi) is 6.73. The van der Waals surface area contributed by atoms with E-state index in [0.717, 1.165) is 30.8 Å². The number of anilines is 1. The average molecular weight is 479 g/mol. The number of carbonyl (C=O) groups excluding carboxylic acids is 1. The smallest absolute Gasteiger partial charge is 0.232 e. The van der Waals surface area contributed by atoms with E-state index in [4.69, 9.17) is 4.74 Å². The summed E-state index contributed by atoms with van der Waals surface area (Å²) >= 11 is 0. The van der Waals surface area contributed by atoms with Gasteiger partial charge < -0.3 is 9.72 Å². The molecule has 0 spiro atoms. The summed E-state index contributed by atoms with van der Waals surface area (Å²) in [6.45, 7) is 5.08. The lowest BCUT2D eigenvalue weighted by molar-refractivity contribution is 0.0341. The summed E-state index contributed by atoms with van der Waals surface area (Å²) < 4.78 is 61.2. The Morgan fingerprint density at radius 3 is 2.76 bits per heavy atom. The summed E-state index contributed by atoms with van der Waals surface area (Å²) in [5, 5.41) is 0.432. The molecule has 2 N–H and O–H groups in total. The van der Waals surface area contributed by atoms with Crippen LogP contribution >= 0.6 is 0 Å². The molecule has 3 aromatic rings. The Bertz CT molecular complexity index is 1290. The van der Waals surface area contributed by atoms with Gasteiger partial charge in [-0.25, -0.2) is 22.2 Å². The molecule has 176 valence electrons. The summed E-state index contributed by atoms with van der Waals surface area (Å²) in [6, 6.07) is 3.61. The second-order valence-electron chi connectivity index (χ2n) is 7.86. The highest BCUT2D eigenvalue weighted by Gasteiger charge is 2.26. The average Bonchev–Trinajstić information content (AvgIpc) is 3.20. The molecule has 0 atom stereocenters. The van der Waals surface area contributed by atoms with Gasteiger partial charge in [-0.2, -0.15) is 0 Å². The lowest BCUT2D eigenvalue weighted by atomic mass is 10.0. The van der Waals surface area contributed by atoms with Gasteiger partial charge >= 0.3 is 0 Å². The van der Waals surface area contributed by atoms with Crippen molar-refractivity contribution in [2.75, 3.05) is 36.8 Å². The minimum Gasteiger partial charge on any atom is -0.379 e. The van der Waals surface area contributed by atoms with E-state index in [1.165, 1.54) is 6.20 Å². The van der Waals surface area contributed by atoms with E-state index in [9.17, 15) is 17.6 Å². The zero-order valence-corrected chi connectivity index (χ0v) is 18.8. The fourth-order valence-corrected chi connectivity index (χ4v) is 4.93. The first-order valence-electron chi connectivity index (χ1n) is 10.6. The van der Waals surface area contributed by atoms with Crippen molar-refractivity contribution in [2.24, 2.45) is 0 Å². The summed E-state index contributed by atoms with van der Waals surface area (Å²) in [5.41, 5.74) is 0.00261. The van der Waals surface area contributed by atoms with Crippen LogP contribution in [0.4, 0.5) is 14.5 Å². The molecule has 2 aromatic heterocycles. The number of H-pyrrole nitrogens is 1. The van der Waals surface area contributed by atoms with Gasteiger partial charge in [0.05, 0.1) is 30.2 Å². The molecular formula is C22H24F2N4O4S. The number of aromatic amines is 1. The van der Waals surface area contributed by atoms with Crippen molar-refractivity contribution in [2.45, 2.75) is 19.9 Å². The molecule has 1 saturated heterocycles. The van der Waals surface area contributed by atoms with Gasteiger partial charge in [-0.3, -0.25) is 14.4 Å². The second-order valence-corrected chi connectivity index (χ2v) is 9.71. The van der Waals surface area contributed by atoms with Crippen LogP contribution in [-0.4, -0.2) is 61.1 Å². The first-order chi connectivity index (χ1) is 15.8. The van der Waals surface area contributed by atoms with Gasteiger partial charge in [0.15, 0.2) is 5.82 Å². The number of nitrogens with one attached hydrogen (secondary N) is 2. The molecule has 1 aliphatic heterocycles. The topological polar surface area (TPSA) is 104 Å². The monoisotopic (exact) mass is 478 g/mol. The van der Waals surface area contributed by atoms with Crippen molar-refractivity contribution in [3.63, 3.8) is 0 Å². The van der Waals surface area contributed by atoms with Gasteiger partial charge in [-0.15, -0.1) is 0 Å². The van der Waals surface area contributed by atoms with E-state index in [0.29, 0.717) is 37.2 Å². The van der Waals surface area contributed by atoms with Crippen LogP contribution in [0.1, 0.15) is 34.8 Å². The Morgan fingerprint density at radius 1 is 1.27 bits per heavy atom. The van der Waals surface area contributed by atoms with Crippen LogP contribution in [0.2, 0.25) is 0 Å². The van der Waals surface area contributed by atoms with Crippen LogP contribution < -0.4 is 4.72 Å². The SMILES string of the molecule is CCCS(=O)(=O)Nc1ccc(F)c(C(=O)c2c[nH]c3ncc(CN4CCOCC4)cc23)c1F. The van der Waals surface area contributed by atoms with Crippen LogP contribution in [-0.2, 0) is 21.3 Å². The maximum Gasteiger partial charge on any atom is 0.232 e. The maximum absolute atomic E-state index is 15.1. The first-order valence-corrected chi connectivity index (χ1v) is 12.2. The number of ether oxygens (including phenoxy) is 1. The number of halogens is 2. The quantitative estimate of drug-likeness (QED) is 0.483. The number of fused-ring (bicyclic) bond motifs is 1. The zero-order chi connectivity index (χ0) is 23.6. The van der Waals surface area contributed by atoms with Gasteiger partial charge in [-0.1, -0.05) is 6.92 Å². The van der Waals surface area contributed by atoms with Gasteiger partial charge in [0.1, 0.15) is 11.5 Å². The molecule has 0 saturated carbocycles. The van der Waals surface area contributed by atoms with Gasteiger partial charge in [0.25, 0.3) is 0 Å². The van der Waals surface area contributed by atoms with E-state index in [-0.39, 0.29) is 11.3 Å². The van der Waals surface area contributed by atoms with Crippen LogP contribution in [0.5, 0.6) is 0 Å². The van der Waals surface area contributed by atoms with Crippen LogP contribution in [0.25, 0.3) is 11.0 Å². The molecule has 0 aliphatic carbocycles. The number of carbonyl (C=O) groups is 1. The van der Waals surface area contributed by atoms with Crippen molar-refractivity contribution >= 4 is 32.5 Å². The molecule has 0 bridgehead atoms. The molecule has 1 aromatic carbocycles. The van der Waals surface area contributed by atoms with E-state index in [1.807, 2.05) is 0 Å². The number of sulfonamides is 1. The molecule has 1 fully saturated rings. The summed E-state index contributed by atoms with van der Waals surface area (Å²) in [5.74, 6) is -3.47. The zero-order valence-electron chi connectivity index (χ0n) is 18.0. The molecule has 11 heteroatoms. The van der Waals surface area contributed by atoms with E-state index >= 15 is 4.39 Å². The Morgan fingerprint density at radius 2 is 2.03 bits per heavy atom. The summed E-state index contributed by atoms with van der Waals surface area (Å²) in [6.07, 6.45) is 3.36. The van der Waals surface area contributed by atoms with Crippen molar-refractivity contribution in [1.29, 1.82) is 0 Å². The third-order valence-corrected chi connectivity index (χ3v) is 6.88. The lowest BCUT2D eigenvalue weighted by Crippen LogP contribution is -2.35.